The Labute approximate surface area is 224 Å². The predicted octanol–water partition coefficient (Wildman–Crippen LogP) is 5.96. The number of fused-ring (bicyclic) bond motifs is 1. The van der Waals surface area contributed by atoms with Crippen molar-refractivity contribution in [2.24, 2.45) is 5.73 Å². The van der Waals surface area contributed by atoms with Crippen LogP contribution in [0, 0.1) is 11.3 Å². The maximum Gasteiger partial charge on any atom is 0.349 e. The number of nitrogens with zero attached hydrogens (tertiary/aromatic N) is 1. The summed E-state index contributed by atoms with van der Waals surface area (Å²) in [6, 6.07) is 20.3. The van der Waals surface area contributed by atoms with E-state index in [4.69, 9.17) is 24.7 Å². The molecule has 190 valence electrons. The van der Waals surface area contributed by atoms with Gasteiger partial charge in [-0.3, -0.25) is 0 Å². The molecule has 1 atom stereocenters. The number of rotatable bonds is 6. The lowest BCUT2D eigenvalue weighted by molar-refractivity contribution is -0.136. The third-order valence-corrected chi connectivity index (χ3v) is 6.50. The highest BCUT2D eigenvalue weighted by molar-refractivity contribution is 9.10. The number of nitriles is 1. The van der Waals surface area contributed by atoms with Gasteiger partial charge in [0.05, 0.1) is 13.0 Å². The maximum atomic E-state index is 12.5. The van der Waals surface area contributed by atoms with E-state index in [0.29, 0.717) is 22.8 Å². The number of carbonyl (C=O) groups is 1. The molecular weight excluding hydrogens is 536 g/mol. The zero-order chi connectivity index (χ0) is 26.7. The topological polar surface area (TPSA) is 104 Å². The first-order valence-corrected chi connectivity index (χ1v) is 12.4. The third kappa shape index (κ3) is 5.73. The number of nitrogens with two attached hydrogens (primary N) is 1. The Kier molecular flexibility index (Phi) is 7.46. The van der Waals surface area contributed by atoms with Crippen molar-refractivity contribution in [2.45, 2.75) is 32.1 Å². The van der Waals surface area contributed by atoms with Gasteiger partial charge in [0, 0.05) is 21.7 Å². The molecule has 3 aromatic rings. The summed E-state index contributed by atoms with van der Waals surface area (Å²) in [6.45, 7) is 6.13. The summed E-state index contributed by atoms with van der Waals surface area (Å²) < 4.78 is 23.2. The molecule has 1 heterocycles. The summed E-state index contributed by atoms with van der Waals surface area (Å²) in [5.41, 5.74) is 9.02. The Morgan fingerprint density at radius 3 is 2.41 bits per heavy atom. The molecule has 0 fully saturated rings. The van der Waals surface area contributed by atoms with Gasteiger partial charge in [-0.2, -0.15) is 5.26 Å². The summed E-state index contributed by atoms with van der Waals surface area (Å²) in [5.74, 6) is 0.715. The highest BCUT2D eigenvalue weighted by Crippen LogP contribution is 2.46. The van der Waals surface area contributed by atoms with Gasteiger partial charge in [-0.15, -0.1) is 0 Å². The first-order chi connectivity index (χ1) is 17.6. The van der Waals surface area contributed by atoms with Gasteiger partial charge < -0.3 is 24.7 Å². The maximum absolute atomic E-state index is 12.5. The van der Waals surface area contributed by atoms with Crippen LogP contribution >= 0.6 is 15.9 Å². The lowest BCUT2D eigenvalue weighted by Gasteiger charge is -2.27. The fourth-order valence-electron chi connectivity index (χ4n) is 4.10. The number of carbonyl (C=O) groups excluding carboxylic acids is 1. The van der Waals surface area contributed by atoms with E-state index >= 15 is 0 Å². The molecule has 0 saturated heterocycles. The summed E-state index contributed by atoms with van der Waals surface area (Å²) in [5, 5.41) is 9.83. The Morgan fingerprint density at radius 1 is 1.05 bits per heavy atom. The average molecular weight is 563 g/mol. The molecule has 7 nitrogen and oxygen atoms in total. The molecule has 8 heteroatoms. The molecule has 0 radical (unpaired) electrons. The van der Waals surface area contributed by atoms with Gasteiger partial charge >= 0.3 is 5.97 Å². The summed E-state index contributed by atoms with van der Waals surface area (Å²) in [6.07, 6.45) is 0. The minimum Gasteiger partial charge on any atom is -0.496 e. The van der Waals surface area contributed by atoms with Crippen molar-refractivity contribution in [1.82, 2.24) is 0 Å². The van der Waals surface area contributed by atoms with Crippen LogP contribution in [0.3, 0.4) is 0 Å². The van der Waals surface area contributed by atoms with Gasteiger partial charge in [-0.05, 0) is 47.4 Å². The van der Waals surface area contributed by atoms with Crippen molar-refractivity contribution in [3.05, 3.63) is 93.3 Å². The normalized spacial score (nSPS) is 14.8. The summed E-state index contributed by atoms with van der Waals surface area (Å²) >= 11 is 3.48. The number of benzene rings is 3. The van der Waals surface area contributed by atoms with Crippen LogP contribution in [-0.4, -0.2) is 19.7 Å². The lowest BCUT2D eigenvalue weighted by Crippen LogP contribution is -2.22. The van der Waals surface area contributed by atoms with E-state index in [1.807, 2.05) is 42.5 Å². The van der Waals surface area contributed by atoms with E-state index in [1.54, 1.807) is 25.3 Å². The van der Waals surface area contributed by atoms with Gasteiger partial charge in [0.15, 0.2) is 6.61 Å². The predicted molar refractivity (Wildman–Crippen MR) is 143 cm³/mol. The van der Waals surface area contributed by atoms with E-state index in [2.05, 4.69) is 42.8 Å². The van der Waals surface area contributed by atoms with E-state index in [0.717, 1.165) is 10.0 Å². The molecule has 0 amide bonds. The number of esters is 1. The summed E-state index contributed by atoms with van der Waals surface area (Å²) in [7, 11) is 1.57. The number of methoxy groups -OCH3 is 1. The van der Waals surface area contributed by atoms with Crippen molar-refractivity contribution in [3.8, 4) is 29.1 Å². The minimum atomic E-state index is -0.568. The van der Waals surface area contributed by atoms with Crippen LogP contribution in [0.4, 0.5) is 0 Å². The molecule has 0 saturated carbocycles. The van der Waals surface area contributed by atoms with Crippen LogP contribution in [0.25, 0.3) is 0 Å². The van der Waals surface area contributed by atoms with Crippen LogP contribution in [0.5, 0.6) is 23.0 Å². The first-order valence-electron chi connectivity index (χ1n) is 11.6. The summed E-state index contributed by atoms with van der Waals surface area (Å²) in [4.78, 5) is 12.5. The lowest BCUT2D eigenvalue weighted by atomic mass is 9.83. The standard InChI is InChI=1S/C29H27BrN2O5/c1-29(2,3)17-5-8-19(9-6-17)35-16-26(33)36-20-10-11-21-25(14-20)37-28(32)23(15-31)27(21)22-13-18(30)7-12-24(22)34-4/h5-14,27H,16,32H2,1-4H3. The van der Waals surface area contributed by atoms with E-state index in [1.165, 1.54) is 5.56 Å². The van der Waals surface area contributed by atoms with Crippen molar-refractivity contribution in [3.63, 3.8) is 0 Å². The highest BCUT2D eigenvalue weighted by Gasteiger charge is 2.33. The molecular formula is C29H27BrN2O5. The van der Waals surface area contributed by atoms with Crippen molar-refractivity contribution in [2.75, 3.05) is 13.7 Å². The van der Waals surface area contributed by atoms with Gasteiger partial charge in [-0.25, -0.2) is 4.79 Å². The van der Waals surface area contributed by atoms with E-state index in [9.17, 15) is 10.1 Å². The Bertz CT molecular complexity index is 1400. The van der Waals surface area contributed by atoms with Gasteiger partial charge in [0.25, 0.3) is 0 Å². The second-order valence-electron chi connectivity index (χ2n) is 9.55. The highest BCUT2D eigenvalue weighted by atomic mass is 79.9. The zero-order valence-electron chi connectivity index (χ0n) is 21.0. The molecule has 0 aromatic heterocycles. The van der Waals surface area contributed by atoms with Crippen molar-refractivity contribution < 1.29 is 23.7 Å². The smallest absolute Gasteiger partial charge is 0.349 e. The second kappa shape index (κ2) is 10.6. The molecule has 1 unspecified atom stereocenters. The molecule has 1 aliphatic rings. The van der Waals surface area contributed by atoms with Gasteiger partial charge in [0.2, 0.25) is 5.88 Å². The first kappa shape index (κ1) is 26.1. The quantitative estimate of drug-likeness (QED) is 0.292. The second-order valence-corrected chi connectivity index (χ2v) is 10.5. The fraction of sp³-hybridized carbons (Fsp3) is 0.241. The average Bonchev–Trinajstić information content (AvgIpc) is 2.86. The number of hydrogen-bond acceptors (Lipinski definition) is 7. The zero-order valence-corrected chi connectivity index (χ0v) is 22.6. The largest absolute Gasteiger partial charge is 0.496 e. The number of hydrogen-bond donors (Lipinski definition) is 1. The monoisotopic (exact) mass is 562 g/mol. The van der Waals surface area contributed by atoms with E-state index < -0.39 is 11.9 Å². The third-order valence-electron chi connectivity index (χ3n) is 6.00. The van der Waals surface area contributed by atoms with Crippen LogP contribution in [0.2, 0.25) is 0 Å². The Balaban J connectivity index is 1.53. The molecule has 4 rings (SSSR count). The van der Waals surface area contributed by atoms with Crippen molar-refractivity contribution >= 4 is 21.9 Å². The molecule has 2 N–H and O–H groups in total. The molecule has 3 aromatic carbocycles. The van der Waals surface area contributed by atoms with Crippen LogP contribution in [0.15, 0.2) is 76.6 Å². The minimum absolute atomic E-state index is 0.0208. The van der Waals surface area contributed by atoms with Gasteiger partial charge in [-0.1, -0.05) is 54.9 Å². The molecule has 0 aliphatic carbocycles. The number of ether oxygens (including phenoxy) is 4. The van der Waals surface area contributed by atoms with Gasteiger partial charge in [0.1, 0.15) is 34.6 Å². The van der Waals surface area contributed by atoms with E-state index in [-0.39, 0.29) is 29.2 Å². The molecule has 0 spiro atoms. The SMILES string of the molecule is COc1ccc(Br)cc1C1C(C#N)=C(N)Oc2cc(OC(=O)COc3ccc(C(C)(C)C)cc3)ccc21. The van der Waals surface area contributed by atoms with Crippen LogP contribution < -0.4 is 24.7 Å². The molecule has 37 heavy (non-hydrogen) atoms. The van der Waals surface area contributed by atoms with Crippen molar-refractivity contribution in [1.29, 1.82) is 5.26 Å². The Morgan fingerprint density at radius 2 is 1.76 bits per heavy atom. The molecule has 1 aliphatic heterocycles. The molecule has 0 bridgehead atoms. The fourth-order valence-corrected chi connectivity index (χ4v) is 4.48. The number of halogens is 1. The van der Waals surface area contributed by atoms with Crippen LogP contribution in [0.1, 0.15) is 43.4 Å². The Hall–Kier alpha value is -3.96. The number of allylic oxidation sites excluding steroid dienone is 1. The van der Waals surface area contributed by atoms with Crippen LogP contribution in [-0.2, 0) is 10.2 Å².